The molecule has 1 aliphatic rings. The SMILES string of the molecule is COc1ccc(-c2[nH]c(-c3ccc(F)cc3)c(CCC(=O)NC3CCNC3=O)c2C)c(F)n1. The third kappa shape index (κ3) is 4.72. The van der Waals surface area contributed by atoms with Crippen LogP contribution in [-0.4, -0.2) is 41.5 Å². The van der Waals surface area contributed by atoms with Gasteiger partial charge < -0.3 is 20.4 Å². The number of nitrogens with zero attached hydrogens (tertiary/aromatic N) is 1. The highest BCUT2D eigenvalue weighted by Gasteiger charge is 2.26. The number of ether oxygens (including phenoxy) is 1. The van der Waals surface area contributed by atoms with Gasteiger partial charge in [0, 0.05) is 24.7 Å². The Morgan fingerprint density at radius 1 is 1.18 bits per heavy atom. The Kier molecular flexibility index (Phi) is 6.39. The van der Waals surface area contributed by atoms with Crippen molar-refractivity contribution in [2.24, 2.45) is 0 Å². The predicted octanol–water partition coefficient (Wildman–Crippen LogP) is 3.28. The lowest BCUT2D eigenvalue weighted by atomic mass is 9.99. The van der Waals surface area contributed by atoms with Gasteiger partial charge in [-0.3, -0.25) is 9.59 Å². The average molecular weight is 454 g/mol. The van der Waals surface area contributed by atoms with Gasteiger partial charge >= 0.3 is 0 Å². The van der Waals surface area contributed by atoms with Gasteiger partial charge in [-0.1, -0.05) is 0 Å². The maximum absolute atomic E-state index is 14.7. The molecule has 1 aliphatic heterocycles. The maximum atomic E-state index is 14.7. The number of aromatic amines is 1. The van der Waals surface area contributed by atoms with E-state index in [1.807, 2.05) is 6.92 Å². The molecule has 33 heavy (non-hydrogen) atoms. The molecule has 0 saturated carbocycles. The molecule has 0 aliphatic carbocycles. The van der Waals surface area contributed by atoms with Crippen LogP contribution in [0.25, 0.3) is 22.5 Å². The summed E-state index contributed by atoms with van der Waals surface area (Å²) in [7, 11) is 1.41. The van der Waals surface area contributed by atoms with E-state index in [4.69, 9.17) is 4.74 Å². The van der Waals surface area contributed by atoms with Crippen LogP contribution >= 0.6 is 0 Å². The highest BCUT2D eigenvalue weighted by molar-refractivity contribution is 5.89. The topological polar surface area (TPSA) is 96.1 Å². The summed E-state index contributed by atoms with van der Waals surface area (Å²) in [6, 6.07) is 8.56. The number of H-pyrrole nitrogens is 1. The summed E-state index contributed by atoms with van der Waals surface area (Å²) in [6.07, 6.45) is 1.04. The molecule has 0 radical (unpaired) electrons. The second kappa shape index (κ2) is 9.40. The minimum absolute atomic E-state index is 0.138. The van der Waals surface area contributed by atoms with Crippen LogP contribution in [0, 0.1) is 18.7 Å². The van der Waals surface area contributed by atoms with Crippen LogP contribution in [0.5, 0.6) is 5.88 Å². The molecule has 1 unspecified atom stereocenters. The van der Waals surface area contributed by atoms with E-state index in [2.05, 4.69) is 20.6 Å². The molecule has 1 aromatic carbocycles. The van der Waals surface area contributed by atoms with E-state index in [-0.39, 0.29) is 35.5 Å². The molecule has 1 saturated heterocycles. The highest BCUT2D eigenvalue weighted by Crippen LogP contribution is 2.35. The van der Waals surface area contributed by atoms with Crippen LogP contribution in [-0.2, 0) is 16.0 Å². The summed E-state index contributed by atoms with van der Waals surface area (Å²) in [5.74, 6) is -1.34. The molecular weight excluding hydrogens is 430 g/mol. The van der Waals surface area contributed by atoms with Gasteiger partial charge in [-0.05, 0) is 66.8 Å². The lowest BCUT2D eigenvalue weighted by Crippen LogP contribution is -2.40. The number of methoxy groups -OCH3 is 1. The zero-order valence-electron chi connectivity index (χ0n) is 18.3. The second-order valence-corrected chi connectivity index (χ2v) is 7.88. The van der Waals surface area contributed by atoms with Crippen LogP contribution < -0.4 is 15.4 Å². The van der Waals surface area contributed by atoms with Crippen molar-refractivity contribution < 1.29 is 23.1 Å². The number of carbonyl (C=O) groups is 2. The quantitative estimate of drug-likeness (QED) is 0.478. The van der Waals surface area contributed by atoms with Gasteiger partial charge in [0.15, 0.2) is 0 Å². The van der Waals surface area contributed by atoms with Crippen molar-refractivity contribution in [2.45, 2.75) is 32.2 Å². The van der Waals surface area contributed by atoms with E-state index in [1.165, 1.54) is 19.2 Å². The van der Waals surface area contributed by atoms with E-state index >= 15 is 0 Å². The van der Waals surface area contributed by atoms with Gasteiger partial charge in [-0.15, -0.1) is 0 Å². The van der Waals surface area contributed by atoms with Crippen molar-refractivity contribution in [3.05, 3.63) is 59.3 Å². The van der Waals surface area contributed by atoms with Crippen molar-refractivity contribution in [1.29, 1.82) is 0 Å². The van der Waals surface area contributed by atoms with Crippen molar-refractivity contribution in [3.8, 4) is 28.4 Å². The number of carbonyl (C=O) groups excluding carboxylic acids is 2. The molecular formula is C24H24F2N4O3. The zero-order valence-corrected chi connectivity index (χ0v) is 18.3. The molecule has 3 heterocycles. The van der Waals surface area contributed by atoms with E-state index in [0.29, 0.717) is 36.3 Å². The minimum Gasteiger partial charge on any atom is -0.481 e. The number of amides is 2. The fourth-order valence-corrected chi connectivity index (χ4v) is 4.03. The monoisotopic (exact) mass is 454 g/mol. The first kappa shape index (κ1) is 22.4. The Hall–Kier alpha value is -3.75. The van der Waals surface area contributed by atoms with Gasteiger partial charge in [-0.25, -0.2) is 4.39 Å². The highest BCUT2D eigenvalue weighted by atomic mass is 19.1. The Morgan fingerprint density at radius 2 is 1.94 bits per heavy atom. The lowest BCUT2D eigenvalue weighted by molar-refractivity contribution is -0.127. The molecule has 3 aromatic rings. The van der Waals surface area contributed by atoms with Crippen molar-refractivity contribution in [3.63, 3.8) is 0 Å². The Labute approximate surface area is 189 Å². The van der Waals surface area contributed by atoms with Crippen molar-refractivity contribution in [1.82, 2.24) is 20.6 Å². The zero-order chi connectivity index (χ0) is 23.5. The van der Waals surface area contributed by atoms with E-state index < -0.39 is 12.0 Å². The minimum atomic E-state index is -0.694. The first-order chi connectivity index (χ1) is 15.9. The summed E-state index contributed by atoms with van der Waals surface area (Å²) in [5, 5.41) is 5.44. The third-order valence-electron chi connectivity index (χ3n) is 5.80. The molecule has 2 amide bonds. The lowest BCUT2D eigenvalue weighted by Gasteiger charge is -2.11. The van der Waals surface area contributed by atoms with Crippen molar-refractivity contribution in [2.75, 3.05) is 13.7 Å². The summed E-state index contributed by atoms with van der Waals surface area (Å²) in [6.45, 7) is 2.38. The van der Waals surface area contributed by atoms with Crippen LogP contribution in [0.3, 0.4) is 0 Å². The molecule has 0 bridgehead atoms. The van der Waals surface area contributed by atoms with Gasteiger partial charge in [0.1, 0.15) is 11.9 Å². The Balaban J connectivity index is 1.66. The molecule has 7 nitrogen and oxygen atoms in total. The van der Waals surface area contributed by atoms with Crippen molar-refractivity contribution >= 4 is 11.8 Å². The number of hydrogen-bond donors (Lipinski definition) is 3. The predicted molar refractivity (Wildman–Crippen MR) is 119 cm³/mol. The molecule has 0 spiro atoms. The third-order valence-corrected chi connectivity index (χ3v) is 5.80. The fraction of sp³-hybridized carbons (Fsp3) is 0.292. The molecule has 4 rings (SSSR count). The van der Waals surface area contributed by atoms with Gasteiger partial charge in [0.05, 0.1) is 18.4 Å². The normalized spacial score (nSPS) is 15.4. The number of rotatable bonds is 7. The van der Waals surface area contributed by atoms with Crippen LogP contribution in [0.2, 0.25) is 0 Å². The standard InChI is InChI=1S/C24H24F2N4O3/c1-13-16(7-9-19(31)28-18-11-12-27-24(18)32)22(14-3-5-15(25)6-4-14)30-21(13)17-8-10-20(33-2)29-23(17)26/h3-6,8,10,18,30H,7,9,11-12H2,1-2H3,(H,27,32)(H,28,31). The first-order valence-corrected chi connectivity index (χ1v) is 10.6. The van der Waals surface area contributed by atoms with Crippen LogP contribution in [0.15, 0.2) is 36.4 Å². The number of halogens is 2. The Morgan fingerprint density at radius 3 is 2.58 bits per heavy atom. The summed E-state index contributed by atoms with van der Waals surface area (Å²) < 4.78 is 33.2. The summed E-state index contributed by atoms with van der Waals surface area (Å²) in [4.78, 5) is 31.3. The Bertz CT molecular complexity index is 1190. The molecule has 1 fully saturated rings. The van der Waals surface area contributed by atoms with Gasteiger partial charge in [0.25, 0.3) is 0 Å². The molecule has 9 heteroatoms. The number of hydrogen-bond acceptors (Lipinski definition) is 4. The van der Waals surface area contributed by atoms with Crippen LogP contribution in [0.1, 0.15) is 24.0 Å². The summed E-state index contributed by atoms with van der Waals surface area (Å²) in [5.41, 5.74) is 3.72. The molecule has 2 aromatic heterocycles. The van der Waals surface area contributed by atoms with E-state index in [1.54, 1.807) is 24.3 Å². The van der Waals surface area contributed by atoms with Crippen LogP contribution in [0.4, 0.5) is 8.78 Å². The fourth-order valence-electron chi connectivity index (χ4n) is 4.03. The van der Waals surface area contributed by atoms with Gasteiger partial charge in [-0.2, -0.15) is 9.37 Å². The number of benzene rings is 1. The molecule has 3 N–H and O–H groups in total. The smallest absolute Gasteiger partial charge is 0.242 e. The molecule has 1 atom stereocenters. The van der Waals surface area contributed by atoms with E-state index in [0.717, 1.165) is 11.1 Å². The van der Waals surface area contributed by atoms with E-state index in [9.17, 15) is 18.4 Å². The van der Waals surface area contributed by atoms with Gasteiger partial charge in [0.2, 0.25) is 23.6 Å². The number of pyridine rings is 1. The summed E-state index contributed by atoms with van der Waals surface area (Å²) >= 11 is 0. The number of aromatic nitrogens is 2. The number of nitrogens with one attached hydrogen (secondary N) is 3. The maximum Gasteiger partial charge on any atom is 0.242 e. The largest absolute Gasteiger partial charge is 0.481 e. The average Bonchev–Trinajstić information content (AvgIpc) is 3.35. The first-order valence-electron chi connectivity index (χ1n) is 10.6. The second-order valence-electron chi connectivity index (χ2n) is 7.88. The molecule has 172 valence electrons.